The zero-order valence-electron chi connectivity index (χ0n) is 13.8. The van der Waals surface area contributed by atoms with E-state index in [-0.39, 0.29) is 6.03 Å². The first-order valence-corrected chi connectivity index (χ1v) is 9.72. The smallest absolute Gasteiger partial charge is 0.322 e. The van der Waals surface area contributed by atoms with Crippen molar-refractivity contribution < 1.29 is 9.53 Å². The highest BCUT2D eigenvalue weighted by Crippen LogP contribution is 2.34. The largest absolute Gasteiger partial charge is 0.494 e. The number of carbonyl (C=O) groups is 1. The first kappa shape index (κ1) is 16.2. The molecule has 2 aromatic heterocycles. The normalized spacial score (nSPS) is 14.8. The number of thiophene rings is 1. The Morgan fingerprint density at radius 2 is 2.04 bits per heavy atom. The van der Waals surface area contributed by atoms with Crippen molar-refractivity contribution in [1.82, 2.24) is 9.88 Å². The first-order valence-electron chi connectivity index (χ1n) is 8.02. The summed E-state index contributed by atoms with van der Waals surface area (Å²) in [5.41, 5.74) is 0.905. The van der Waals surface area contributed by atoms with Gasteiger partial charge in [-0.05, 0) is 29.6 Å². The van der Waals surface area contributed by atoms with E-state index in [1.807, 2.05) is 34.5 Å². The van der Waals surface area contributed by atoms with Gasteiger partial charge in [0.25, 0.3) is 0 Å². The van der Waals surface area contributed by atoms with Crippen molar-refractivity contribution in [3.05, 3.63) is 35.7 Å². The van der Waals surface area contributed by atoms with Gasteiger partial charge in [-0.3, -0.25) is 5.32 Å². The highest BCUT2D eigenvalue weighted by atomic mass is 32.1. The lowest BCUT2D eigenvalue weighted by Gasteiger charge is -2.34. The number of nitrogens with one attached hydrogen (secondary N) is 1. The molecule has 2 amide bonds. The number of amides is 2. The van der Waals surface area contributed by atoms with Crippen molar-refractivity contribution in [3.8, 4) is 5.75 Å². The predicted octanol–water partition coefficient (Wildman–Crippen LogP) is 3.72. The van der Waals surface area contributed by atoms with E-state index >= 15 is 0 Å². The van der Waals surface area contributed by atoms with Gasteiger partial charge >= 0.3 is 6.03 Å². The number of rotatable bonds is 3. The number of ether oxygens (including phenoxy) is 1. The molecule has 6 nitrogen and oxygen atoms in total. The number of piperazine rings is 1. The second-order valence-corrected chi connectivity index (χ2v) is 7.64. The Labute approximate surface area is 153 Å². The van der Waals surface area contributed by atoms with Crippen LogP contribution in [0.15, 0.2) is 35.7 Å². The van der Waals surface area contributed by atoms with Gasteiger partial charge in [-0.25, -0.2) is 9.78 Å². The number of nitrogens with zero attached hydrogens (tertiary/aromatic N) is 3. The minimum Gasteiger partial charge on any atom is -0.494 e. The fourth-order valence-electron chi connectivity index (χ4n) is 2.85. The number of carbonyl (C=O) groups excluding carboxylic acids is 1. The van der Waals surface area contributed by atoms with Gasteiger partial charge in [0.05, 0.1) is 16.8 Å². The Hall–Kier alpha value is -2.32. The van der Waals surface area contributed by atoms with Crippen LogP contribution in [0.4, 0.5) is 14.9 Å². The molecular formula is C17H18N4O2S2. The van der Waals surface area contributed by atoms with Crippen LogP contribution in [-0.4, -0.2) is 49.2 Å². The van der Waals surface area contributed by atoms with Crippen molar-refractivity contribution in [1.29, 1.82) is 0 Å². The third-order valence-electron chi connectivity index (χ3n) is 4.18. The molecule has 1 saturated heterocycles. The van der Waals surface area contributed by atoms with Gasteiger partial charge in [0.1, 0.15) is 11.3 Å². The Bertz CT molecular complexity index is 870. The third kappa shape index (κ3) is 3.27. The molecule has 4 rings (SSSR count). The third-order valence-corrected chi connectivity index (χ3v) is 6.05. The molecule has 0 radical (unpaired) electrons. The van der Waals surface area contributed by atoms with Gasteiger partial charge in [0, 0.05) is 26.2 Å². The summed E-state index contributed by atoms with van der Waals surface area (Å²) in [7, 11) is 1.67. The van der Waals surface area contributed by atoms with E-state index in [4.69, 9.17) is 9.72 Å². The summed E-state index contributed by atoms with van der Waals surface area (Å²) in [6.45, 7) is 2.93. The predicted molar refractivity (Wildman–Crippen MR) is 103 cm³/mol. The topological polar surface area (TPSA) is 57.7 Å². The van der Waals surface area contributed by atoms with Crippen molar-refractivity contribution in [3.63, 3.8) is 0 Å². The SMILES string of the molecule is COc1cccc2sc(N3CCN(C(=O)Nc4cccs4)CC3)nc12. The second-order valence-electron chi connectivity index (χ2n) is 5.69. The fraction of sp³-hybridized carbons (Fsp3) is 0.294. The van der Waals surface area contributed by atoms with Crippen molar-refractivity contribution in [2.75, 3.05) is 43.5 Å². The van der Waals surface area contributed by atoms with E-state index in [1.54, 1.807) is 18.4 Å². The molecule has 130 valence electrons. The number of fused-ring (bicyclic) bond motifs is 1. The zero-order chi connectivity index (χ0) is 17.2. The molecule has 0 unspecified atom stereocenters. The Morgan fingerprint density at radius 3 is 2.76 bits per heavy atom. The molecule has 0 bridgehead atoms. The van der Waals surface area contributed by atoms with E-state index in [1.165, 1.54) is 11.3 Å². The van der Waals surface area contributed by atoms with E-state index in [0.717, 1.165) is 39.2 Å². The van der Waals surface area contributed by atoms with Crippen LogP contribution >= 0.6 is 22.7 Å². The average molecular weight is 374 g/mol. The number of methoxy groups -OCH3 is 1. The Balaban J connectivity index is 1.42. The molecule has 1 aliphatic rings. The lowest BCUT2D eigenvalue weighted by atomic mass is 10.3. The van der Waals surface area contributed by atoms with Gasteiger partial charge in [0.15, 0.2) is 5.13 Å². The van der Waals surface area contributed by atoms with Crippen LogP contribution in [0.25, 0.3) is 10.2 Å². The number of anilines is 2. The maximum atomic E-state index is 12.3. The van der Waals surface area contributed by atoms with Crippen LogP contribution in [0.3, 0.4) is 0 Å². The summed E-state index contributed by atoms with van der Waals surface area (Å²) in [4.78, 5) is 21.1. The maximum absolute atomic E-state index is 12.3. The van der Waals surface area contributed by atoms with E-state index in [2.05, 4.69) is 16.3 Å². The van der Waals surface area contributed by atoms with Crippen LogP contribution in [0.1, 0.15) is 0 Å². The summed E-state index contributed by atoms with van der Waals surface area (Å²) < 4.78 is 6.51. The van der Waals surface area contributed by atoms with Crippen molar-refractivity contribution in [2.24, 2.45) is 0 Å². The maximum Gasteiger partial charge on any atom is 0.322 e. The van der Waals surface area contributed by atoms with Gasteiger partial charge in [-0.2, -0.15) is 0 Å². The average Bonchev–Trinajstić information content (AvgIpc) is 3.30. The number of thiazole rings is 1. The Kier molecular flexibility index (Phi) is 4.46. The standard InChI is InChI=1S/C17H18N4O2S2/c1-23-12-4-2-5-13-15(12)19-17(25-13)21-9-7-20(8-10-21)16(22)18-14-6-3-11-24-14/h2-6,11H,7-10H2,1H3,(H,18,22). The lowest BCUT2D eigenvalue weighted by Crippen LogP contribution is -2.50. The molecule has 1 aromatic carbocycles. The van der Waals surface area contributed by atoms with Crippen molar-refractivity contribution in [2.45, 2.75) is 0 Å². The molecule has 1 aliphatic heterocycles. The monoisotopic (exact) mass is 374 g/mol. The molecule has 25 heavy (non-hydrogen) atoms. The molecule has 8 heteroatoms. The van der Waals surface area contributed by atoms with Crippen LogP contribution < -0.4 is 15.0 Å². The van der Waals surface area contributed by atoms with Gasteiger partial charge in [-0.15, -0.1) is 11.3 Å². The van der Waals surface area contributed by atoms with Gasteiger partial charge in [0.2, 0.25) is 0 Å². The molecule has 0 aliphatic carbocycles. The zero-order valence-corrected chi connectivity index (χ0v) is 15.4. The first-order chi connectivity index (χ1) is 12.2. The van der Waals surface area contributed by atoms with Crippen LogP contribution in [0.5, 0.6) is 5.75 Å². The highest BCUT2D eigenvalue weighted by Gasteiger charge is 2.23. The number of urea groups is 1. The quantitative estimate of drug-likeness (QED) is 0.759. The van der Waals surface area contributed by atoms with Crippen LogP contribution in [0, 0.1) is 0 Å². The number of hydrogen-bond donors (Lipinski definition) is 1. The highest BCUT2D eigenvalue weighted by molar-refractivity contribution is 7.22. The minimum atomic E-state index is -0.0342. The summed E-state index contributed by atoms with van der Waals surface area (Å²) >= 11 is 3.19. The van der Waals surface area contributed by atoms with Crippen LogP contribution in [0.2, 0.25) is 0 Å². The molecule has 3 aromatic rings. The summed E-state index contributed by atoms with van der Waals surface area (Å²) in [5.74, 6) is 0.800. The summed E-state index contributed by atoms with van der Waals surface area (Å²) in [5, 5.41) is 6.76. The van der Waals surface area contributed by atoms with E-state index in [9.17, 15) is 4.79 Å². The lowest BCUT2D eigenvalue weighted by molar-refractivity contribution is 0.208. The number of hydrogen-bond acceptors (Lipinski definition) is 6. The fourth-order valence-corrected chi connectivity index (χ4v) is 4.49. The van der Waals surface area contributed by atoms with Crippen molar-refractivity contribution >= 4 is 49.1 Å². The number of aromatic nitrogens is 1. The molecule has 1 fully saturated rings. The van der Waals surface area contributed by atoms with Gasteiger partial charge in [-0.1, -0.05) is 17.4 Å². The minimum absolute atomic E-state index is 0.0342. The number of para-hydroxylation sites is 1. The second kappa shape index (κ2) is 6.89. The van der Waals surface area contributed by atoms with E-state index < -0.39 is 0 Å². The molecule has 1 N–H and O–H groups in total. The molecule has 0 saturated carbocycles. The van der Waals surface area contributed by atoms with Gasteiger partial charge < -0.3 is 14.5 Å². The molecule has 0 spiro atoms. The summed E-state index contributed by atoms with van der Waals surface area (Å²) in [6.07, 6.45) is 0. The summed E-state index contributed by atoms with van der Waals surface area (Å²) in [6, 6.07) is 9.78. The Morgan fingerprint density at radius 1 is 1.20 bits per heavy atom. The number of benzene rings is 1. The molecule has 0 atom stereocenters. The molecular weight excluding hydrogens is 356 g/mol. The van der Waals surface area contributed by atoms with Crippen LogP contribution in [-0.2, 0) is 0 Å². The van der Waals surface area contributed by atoms with E-state index in [0.29, 0.717) is 13.1 Å². The molecule has 3 heterocycles.